The number of nitrogens with zero attached hydrogens (tertiary/aromatic N) is 1. The van der Waals surface area contributed by atoms with E-state index in [0.29, 0.717) is 5.01 Å². The predicted molar refractivity (Wildman–Crippen MR) is 54.6 cm³/mol. The van der Waals surface area contributed by atoms with Gasteiger partial charge in [-0.15, -0.1) is 0 Å². The summed E-state index contributed by atoms with van der Waals surface area (Å²) in [7, 11) is 0. The van der Waals surface area contributed by atoms with Crippen molar-refractivity contribution < 1.29 is 19.1 Å². The van der Waals surface area contributed by atoms with E-state index >= 15 is 0 Å². The quantitative estimate of drug-likeness (QED) is 0.224. The second kappa shape index (κ2) is 4.21. The van der Waals surface area contributed by atoms with E-state index in [1.54, 1.807) is 20.8 Å². The van der Waals surface area contributed by atoms with Gasteiger partial charge in [-0.1, -0.05) is 0 Å². The van der Waals surface area contributed by atoms with E-state index in [9.17, 15) is 14.4 Å². The Labute approximate surface area is 93.7 Å². The van der Waals surface area contributed by atoms with Crippen LogP contribution in [0.5, 0.6) is 0 Å². The van der Waals surface area contributed by atoms with Crippen LogP contribution in [0.1, 0.15) is 33.6 Å². The first kappa shape index (κ1) is 12.6. The monoisotopic (exact) mass is 228 g/mol. The molecule has 1 rings (SSSR count). The number of ether oxygens (including phenoxy) is 1. The number of imide groups is 1. The van der Waals surface area contributed by atoms with Gasteiger partial charge in [-0.25, -0.2) is 10.9 Å². The molecule has 6 nitrogen and oxygen atoms in total. The number of carbonyl (C=O) groups excluding carboxylic acids is 3. The molecule has 1 heterocycles. The molecular formula is C10H16N2O4. The summed E-state index contributed by atoms with van der Waals surface area (Å²) >= 11 is 0. The van der Waals surface area contributed by atoms with Crippen molar-refractivity contribution in [3.63, 3.8) is 0 Å². The predicted octanol–water partition coefficient (Wildman–Crippen LogP) is -0.0330. The summed E-state index contributed by atoms with van der Waals surface area (Å²) in [6.07, 6.45) is 0.256. The van der Waals surface area contributed by atoms with Crippen molar-refractivity contribution in [2.75, 3.05) is 0 Å². The number of nitrogens with two attached hydrogens (primary N) is 1. The molecule has 1 saturated heterocycles. The van der Waals surface area contributed by atoms with Crippen molar-refractivity contribution in [3.05, 3.63) is 0 Å². The summed E-state index contributed by atoms with van der Waals surface area (Å²) in [6, 6.07) is 0. The Kier molecular flexibility index (Phi) is 3.32. The van der Waals surface area contributed by atoms with Crippen LogP contribution in [-0.4, -0.2) is 28.4 Å². The molecule has 2 amide bonds. The number of carbonyl (C=O) groups is 3. The first-order valence-corrected chi connectivity index (χ1v) is 5.07. The number of esters is 1. The second-order valence-corrected chi connectivity index (χ2v) is 4.73. The summed E-state index contributed by atoms with van der Waals surface area (Å²) in [5.41, 5.74) is -0.655. The fourth-order valence-electron chi connectivity index (χ4n) is 1.39. The molecule has 1 atom stereocenters. The minimum Gasteiger partial charge on any atom is -0.459 e. The molecule has 0 saturated carbocycles. The highest BCUT2D eigenvalue weighted by Crippen LogP contribution is 2.20. The summed E-state index contributed by atoms with van der Waals surface area (Å²) < 4.78 is 5.08. The Morgan fingerprint density at radius 3 is 2.50 bits per heavy atom. The summed E-state index contributed by atoms with van der Waals surface area (Å²) in [5, 5.41) is 0.498. The van der Waals surface area contributed by atoms with Gasteiger partial charge in [0.25, 0.3) is 5.91 Å². The Morgan fingerprint density at radius 2 is 2.00 bits per heavy atom. The average Bonchev–Trinajstić information content (AvgIpc) is 2.11. The Hall–Kier alpha value is -1.43. The second-order valence-electron chi connectivity index (χ2n) is 4.73. The molecule has 0 aromatic rings. The van der Waals surface area contributed by atoms with Crippen molar-refractivity contribution in [2.45, 2.75) is 39.2 Å². The molecule has 1 aliphatic rings. The van der Waals surface area contributed by atoms with E-state index < -0.39 is 29.3 Å². The van der Waals surface area contributed by atoms with E-state index in [1.165, 1.54) is 0 Å². The number of rotatable bonds is 1. The maximum Gasteiger partial charge on any atom is 0.319 e. The lowest BCUT2D eigenvalue weighted by Gasteiger charge is -2.28. The first-order valence-electron chi connectivity index (χ1n) is 5.07. The minimum atomic E-state index is -0.957. The standard InChI is InChI=1S/C10H16N2O4/c1-10(2,3)16-9(15)6-4-5-7(13)12(11)8(6)14/h6H,4-5,11H2,1-3H3/t6-/m0/s1. The van der Waals surface area contributed by atoms with Gasteiger partial charge in [-0.05, 0) is 27.2 Å². The van der Waals surface area contributed by atoms with Crippen LogP contribution in [0.3, 0.4) is 0 Å². The number of hydrogen-bond donors (Lipinski definition) is 1. The van der Waals surface area contributed by atoms with E-state index in [4.69, 9.17) is 10.6 Å². The van der Waals surface area contributed by atoms with Crippen molar-refractivity contribution in [3.8, 4) is 0 Å². The van der Waals surface area contributed by atoms with E-state index in [0.717, 1.165) is 0 Å². The fraction of sp³-hybridized carbons (Fsp3) is 0.700. The van der Waals surface area contributed by atoms with E-state index in [1.807, 2.05) is 0 Å². The van der Waals surface area contributed by atoms with Crippen molar-refractivity contribution in [1.29, 1.82) is 0 Å². The molecule has 0 aromatic heterocycles. The van der Waals surface area contributed by atoms with Gasteiger partial charge in [-0.2, -0.15) is 0 Å². The van der Waals surface area contributed by atoms with Crippen LogP contribution < -0.4 is 5.84 Å². The van der Waals surface area contributed by atoms with Crippen LogP contribution in [0.15, 0.2) is 0 Å². The zero-order chi connectivity index (χ0) is 12.5. The lowest BCUT2D eigenvalue weighted by Crippen LogP contribution is -2.52. The van der Waals surface area contributed by atoms with Gasteiger partial charge in [0, 0.05) is 6.42 Å². The maximum atomic E-state index is 11.6. The lowest BCUT2D eigenvalue weighted by atomic mass is 9.97. The van der Waals surface area contributed by atoms with Gasteiger partial charge in [0.1, 0.15) is 11.5 Å². The van der Waals surface area contributed by atoms with Crippen LogP contribution in [0.25, 0.3) is 0 Å². The molecule has 2 N–H and O–H groups in total. The Bertz CT molecular complexity index is 332. The third kappa shape index (κ3) is 2.79. The van der Waals surface area contributed by atoms with Gasteiger partial charge in [0.05, 0.1) is 0 Å². The molecule has 0 radical (unpaired) electrons. The molecule has 0 unspecified atom stereocenters. The smallest absolute Gasteiger partial charge is 0.319 e. The average molecular weight is 228 g/mol. The van der Waals surface area contributed by atoms with Crippen LogP contribution in [0, 0.1) is 5.92 Å². The van der Waals surface area contributed by atoms with Crippen molar-refractivity contribution in [2.24, 2.45) is 11.8 Å². The highest BCUT2D eigenvalue weighted by Gasteiger charge is 2.39. The van der Waals surface area contributed by atoms with Crippen LogP contribution in [-0.2, 0) is 19.1 Å². The third-order valence-electron chi connectivity index (χ3n) is 2.14. The Balaban J connectivity index is 2.71. The maximum absolute atomic E-state index is 11.6. The van der Waals surface area contributed by atoms with Gasteiger partial charge in [-0.3, -0.25) is 14.4 Å². The Morgan fingerprint density at radius 1 is 1.44 bits per heavy atom. The fourth-order valence-corrected chi connectivity index (χ4v) is 1.39. The molecule has 16 heavy (non-hydrogen) atoms. The lowest BCUT2D eigenvalue weighted by molar-refractivity contribution is -0.168. The third-order valence-corrected chi connectivity index (χ3v) is 2.14. The van der Waals surface area contributed by atoms with Crippen LogP contribution >= 0.6 is 0 Å². The van der Waals surface area contributed by atoms with Gasteiger partial charge < -0.3 is 4.74 Å². The van der Waals surface area contributed by atoms with Gasteiger partial charge in [0.15, 0.2) is 0 Å². The first-order chi connectivity index (χ1) is 7.22. The SMILES string of the molecule is CC(C)(C)OC(=O)[C@H]1CCC(=O)N(N)C1=O. The summed E-state index contributed by atoms with van der Waals surface area (Å²) in [5.74, 6) is 2.50. The number of amides is 2. The summed E-state index contributed by atoms with van der Waals surface area (Å²) in [6.45, 7) is 5.14. The highest BCUT2D eigenvalue weighted by molar-refractivity contribution is 6.06. The number of piperidine rings is 1. The molecule has 0 aliphatic carbocycles. The molecule has 6 heteroatoms. The molecule has 1 aliphatic heterocycles. The summed E-state index contributed by atoms with van der Waals surface area (Å²) in [4.78, 5) is 34.3. The zero-order valence-electron chi connectivity index (χ0n) is 9.65. The molecule has 0 spiro atoms. The minimum absolute atomic E-state index is 0.0894. The van der Waals surface area contributed by atoms with E-state index in [-0.39, 0.29) is 12.8 Å². The number of hydrogen-bond acceptors (Lipinski definition) is 5. The largest absolute Gasteiger partial charge is 0.459 e. The van der Waals surface area contributed by atoms with Crippen LogP contribution in [0.2, 0.25) is 0 Å². The molecule has 0 bridgehead atoms. The van der Waals surface area contributed by atoms with Crippen molar-refractivity contribution in [1.82, 2.24) is 5.01 Å². The van der Waals surface area contributed by atoms with E-state index in [2.05, 4.69) is 0 Å². The molecule has 90 valence electrons. The normalized spacial score (nSPS) is 22.2. The van der Waals surface area contributed by atoms with Gasteiger partial charge >= 0.3 is 5.97 Å². The van der Waals surface area contributed by atoms with Gasteiger partial charge in [0.2, 0.25) is 5.91 Å². The molecular weight excluding hydrogens is 212 g/mol. The highest BCUT2D eigenvalue weighted by atomic mass is 16.6. The topological polar surface area (TPSA) is 89.7 Å². The van der Waals surface area contributed by atoms with Crippen LogP contribution in [0.4, 0.5) is 0 Å². The molecule has 0 aromatic carbocycles. The molecule has 1 fully saturated rings. The van der Waals surface area contributed by atoms with Crippen molar-refractivity contribution >= 4 is 17.8 Å². The number of hydrazine groups is 1. The zero-order valence-corrected chi connectivity index (χ0v) is 9.65.